The topological polar surface area (TPSA) is 49.8 Å². The average Bonchev–Trinajstić information content (AvgIpc) is 2.39. The van der Waals surface area contributed by atoms with Crippen LogP contribution in [0.1, 0.15) is 18.6 Å². The molecular weight excluding hydrogens is 218 g/mol. The monoisotopic (exact) mass is 235 g/mol. The fraction of sp³-hybridized carbons (Fsp3) is 0.462. The number of aliphatic hydroxyl groups is 1. The van der Waals surface area contributed by atoms with Crippen molar-refractivity contribution in [3.63, 3.8) is 0 Å². The number of carbonyl (C=O) groups is 1. The van der Waals surface area contributed by atoms with E-state index >= 15 is 0 Å². The van der Waals surface area contributed by atoms with Gasteiger partial charge in [0, 0.05) is 13.1 Å². The summed E-state index contributed by atoms with van der Waals surface area (Å²) < 4.78 is 5.40. The van der Waals surface area contributed by atoms with Crippen LogP contribution >= 0.6 is 0 Å². The molecule has 1 aromatic rings. The highest BCUT2D eigenvalue weighted by Gasteiger charge is 2.34. The SMILES string of the molecule is CCN1CCO[C@@H]([C@H](O)c2ccccc2)C1=O. The van der Waals surface area contributed by atoms with E-state index < -0.39 is 12.2 Å². The summed E-state index contributed by atoms with van der Waals surface area (Å²) in [5, 5.41) is 10.2. The molecule has 1 aliphatic rings. The average molecular weight is 235 g/mol. The minimum absolute atomic E-state index is 0.130. The molecule has 4 nitrogen and oxygen atoms in total. The van der Waals surface area contributed by atoms with Crippen LogP contribution in [0.2, 0.25) is 0 Å². The fourth-order valence-electron chi connectivity index (χ4n) is 2.02. The molecule has 0 radical (unpaired) electrons. The van der Waals surface area contributed by atoms with Crippen molar-refractivity contribution in [3.05, 3.63) is 35.9 Å². The van der Waals surface area contributed by atoms with Crippen LogP contribution in [0, 0.1) is 0 Å². The van der Waals surface area contributed by atoms with Gasteiger partial charge in [-0.3, -0.25) is 4.79 Å². The molecule has 0 aromatic heterocycles. The van der Waals surface area contributed by atoms with E-state index in [1.807, 2.05) is 25.1 Å². The third-order valence-electron chi connectivity index (χ3n) is 3.02. The number of aliphatic hydroxyl groups excluding tert-OH is 1. The zero-order chi connectivity index (χ0) is 12.3. The van der Waals surface area contributed by atoms with E-state index in [0.717, 1.165) is 0 Å². The maximum absolute atomic E-state index is 12.0. The zero-order valence-corrected chi connectivity index (χ0v) is 9.87. The van der Waals surface area contributed by atoms with Crippen LogP contribution in [0.25, 0.3) is 0 Å². The van der Waals surface area contributed by atoms with Crippen LogP contribution in [0.15, 0.2) is 30.3 Å². The molecule has 92 valence electrons. The number of benzene rings is 1. The number of hydrogen-bond acceptors (Lipinski definition) is 3. The molecule has 1 fully saturated rings. The molecule has 2 rings (SSSR count). The van der Waals surface area contributed by atoms with E-state index in [9.17, 15) is 9.90 Å². The summed E-state index contributed by atoms with van der Waals surface area (Å²) in [5.74, 6) is -0.130. The molecule has 0 saturated carbocycles. The van der Waals surface area contributed by atoms with Gasteiger partial charge in [0.1, 0.15) is 6.10 Å². The van der Waals surface area contributed by atoms with E-state index in [1.165, 1.54) is 0 Å². The van der Waals surface area contributed by atoms with Crippen LogP contribution < -0.4 is 0 Å². The summed E-state index contributed by atoms with van der Waals surface area (Å²) in [6.07, 6.45) is -1.66. The summed E-state index contributed by atoms with van der Waals surface area (Å²) in [6.45, 7) is 3.66. The van der Waals surface area contributed by atoms with Crippen molar-refractivity contribution in [1.82, 2.24) is 4.90 Å². The highest BCUT2D eigenvalue weighted by molar-refractivity contribution is 5.82. The minimum Gasteiger partial charge on any atom is -0.385 e. The van der Waals surface area contributed by atoms with E-state index in [4.69, 9.17) is 4.74 Å². The van der Waals surface area contributed by atoms with E-state index in [1.54, 1.807) is 17.0 Å². The number of ether oxygens (including phenoxy) is 1. The van der Waals surface area contributed by atoms with Gasteiger partial charge in [0.05, 0.1) is 6.61 Å². The van der Waals surface area contributed by atoms with E-state index in [-0.39, 0.29) is 5.91 Å². The van der Waals surface area contributed by atoms with Gasteiger partial charge in [-0.15, -0.1) is 0 Å². The Bertz CT molecular complexity index is 380. The standard InChI is InChI=1S/C13H17NO3/c1-2-14-8-9-17-12(13(14)16)11(15)10-6-4-3-5-7-10/h3-7,11-12,15H,2,8-9H2,1H3/t11-,12+/m1/s1. The van der Waals surface area contributed by atoms with Crippen LogP contribution in [0.5, 0.6) is 0 Å². The lowest BCUT2D eigenvalue weighted by Crippen LogP contribution is -2.49. The Balaban J connectivity index is 2.14. The van der Waals surface area contributed by atoms with Gasteiger partial charge >= 0.3 is 0 Å². The first-order chi connectivity index (χ1) is 8.24. The summed E-state index contributed by atoms with van der Waals surface area (Å²) in [5.41, 5.74) is 0.712. The van der Waals surface area contributed by atoms with Gasteiger partial charge in [0.2, 0.25) is 0 Å². The summed E-state index contributed by atoms with van der Waals surface area (Å²) in [6, 6.07) is 9.14. The molecule has 1 aromatic carbocycles. The lowest BCUT2D eigenvalue weighted by Gasteiger charge is -2.33. The molecule has 1 saturated heterocycles. The van der Waals surface area contributed by atoms with Gasteiger partial charge < -0.3 is 14.7 Å². The molecule has 2 atom stereocenters. The van der Waals surface area contributed by atoms with Crippen LogP contribution in [0.3, 0.4) is 0 Å². The maximum atomic E-state index is 12.0. The molecule has 0 unspecified atom stereocenters. The summed E-state index contributed by atoms with van der Waals surface area (Å²) >= 11 is 0. The van der Waals surface area contributed by atoms with Crippen molar-refractivity contribution in [2.45, 2.75) is 19.1 Å². The highest BCUT2D eigenvalue weighted by atomic mass is 16.5. The third-order valence-corrected chi connectivity index (χ3v) is 3.02. The van der Waals surface area contributed by atoms with E-state index in [2.05, 4.69) is 0 Å². The molecule has 1 amide bonds. The number of morpholine rings is 1. The highest BCUT2D eigenvalue weighted by Crippen LogP contribution is 2.22. The first kappa shape index (κ1) is 12.1. The Morgan fingerprint density at radius 1 is 1.47 bits per heavy atom. The molecule has 1 N–H and O–H groups in total. The Labute approximate surface area is 101 Å². The predicted octanol–water partition coefficient (Wildman–Crippen LogP) is 0.967. The second kappa shape index (κ2) is 5.29. The number of likely N-dealkylation sites (N-methyl/N-ethyl adjacent to an activating group) is 1. The van der Waals surface area contributed by atoms with Gasteiger partial charge in [-0.05, 0) is 12.5 Å². The van der Waals surface area contributed by atoms with Crippen molar-refractivity contribution in [1.29, 1.82) is 0 Å². The lowest BCUT2D eigenvalue weighted by molar-refractivity contribution is -0.162. The molecule has 1 heterocycles. The molecule has 0 bridgehead atoms. The van der Waals surface area contributed by atoms with Gasteiger partial charge in [0.25, 0.3) is 5.91 Å². The predicted molar refractivity (Wildman–Crippen MR) is 63.4 cm³/mol. The molecule has 0 aliphatic carbocycles. The number of amides is 1. The Hall–Kier alpha value is -1.39. The Morgan fingerprint density at radius 3 is 2.82 bits per heavy atom. The summed E-state index contributed by atoms with van der Waals surface area (Å²) in [7, 11) is 0. The van der Waals surface area contributed by atoms with Crippen molar-refractivity contribution < 1.29 is 14.6 Å². The Morgan fingerprint density at radius 2 is 2.18 bits per heavy atom. The second-order valence-corrected chi connectivity index (χ2v) is 4.06. The van der Waals surface area contributed by atoms with Crippen molar-refractivity contribution in [2.24, 2.45) is 0 Å². The van der Waals surface area contributed by atoms with Crippen molar-refractivity contribution in [3.8, 4) is 0 Å². The van der Waals surface area contributed by atoms with Crippen LogP contribution in [-0.2, 0) is 9.53 Å². The number of nitrogens with zero attached hydrogens (tertiary/aromatic N) is 1. The smallest absolute Gasteiger partial charge is 0.254 e. The quantitative estimate of drug-likeness (QED) is 0.849. The van der Waals surface area contributed by atoms with Gasteiger partial charge in [-0.2, -0.15) is 0 Å². The fourth-order valence-corrected chi connectivity index (χ4v) is 2.02. The lowest BCUT2D eigenvalue weighted by atomic mass is 10.0. The molecule has 4 heteroatoms. The van der Waals surface area contributed by atoms with Gasteiger partial charge in [0.15, 0.2) is 6.10 Å². The van der Waals surface area contributed by atoms with Crippen molar-refractivity contribution in [2.75, 3.05) is 19.7 Å². The van der Waals surface area contributed by atoms with Gasteiger partial charge in [-0.1, -0.05) is 30.3 Å². The zero-order valence-electron chi connectivity index (χ0n) is 9.87. The van der Waals surface area contributed by atoms with Crippen LogP contribution in [-0.4, -0.2) is 41.7 Å². The van der Waals surface area contributed by atoms with Crippen molar-refractivity contribution >= 4 is 5.91 Å². The number of hydrogen-bond donors (Lipinski definition) is 1. The first-order valence-electron chi connectivity index (χ1n) is 5.87. The Kier molecular flexibility index (Phi) is 3.76. The summed E-state index contributed by atoms with van der Waals surface area (Å²) in [4.78, 5) is 13.7. The maximum Gasteiger partial charge on any atom is 0.254 e. The minimum atomic E-state index is -0.891. The molecule has 0 spiro atoms. The second-order valence-electron chi connectivity index (χ2n) is 4.06. The number of carbonyl (C=O) groups excluding carboxylic acids is 1. The normalized spacial score (nSPS) is 22.6. The number of rotatable bonds is 3. The molecule has 1 aliphatic heterocycles. The molecule has 17 heavy (non-hydrogen) atoms. The first-order valence-corrected chi connectivity index (χ1v) is 5.87. The third kappa shape index (κ3) is 2.48. The molecular formula is C13H17NO3. The largest absolute Gasteiger partial charge is 0.385 e. The van der Waals surface area contributed by atoms with Gasteiger partial charge in [-0.25, -0.2) is 0 Å². The van der Waals surface area contributed by atoms with Crippen LogP contribution in [0.4, 0.5) is 0 Å². The van der Waals surface area contributed by atoms with E-state index in [0.29, 0.717) is 25.3 Å².